The van der Waals surface area contributed by atoms with Crippen LogP contribution >= 0.6 is 0 Å². The van der Waals surface area contributed by atoms with Crippen molar-refractivity contribution in [2.24, 2.45) is 0 Å². The second-order valence-corrected chi connectivity index (χ2v) is 7.96. The largest absolute Gasteiger partial charge is 0.488 e. The Labute approximate surface area is 205 Å². The molecule has 0 N–H and O–H groups in total. The fourth-order valence-electron chi connectivity index (χ4n) is 3.81. The van der Waals surface area contributed by atoms with Crippen LogP contribution in [-0.2, 0) is 17.9 Å². The molecule has 0 radical (unpaired) electrons. The number of pyridine rings is 2. The molecule has 4 aromatic rings. The normalized spacial score (nSPS) is 10.8. The molecule has 4 rings (SSSR count). The van der Waals surface area contributed by atoms with Gasteiger partial charge in [-0.05, 0) is 48.9 Å². The Balaban J connectivity index is 1.68. The molecule has 0 aliphatic heterocycles. The average Bonchev–Trinajstić information content (AvgIpc) is 2.89. The second-order valence-electron chi connectivity index (χ2n) is 7.96. The molecule has 2 heterocycles. The van der Waals surface area contributed by atoms with Crippen LogP contribution in [0.3, 0.4) is 0 Å². The molecule has 36 heavy (non-hydrogen) atoms. The van der Waals surface area contributed by atoms with Crippen molar-refractivity contribution in [1.29, 1.82) is 5.26 Å². The summed E-state index contributed by atoms with van der Waals surface area (Å²) in [5.74, 6) is -1.61. The zero-order valence-corrected chi connectivity index (χ0v) is 19.3. The lowest BCUT2D eigenvalue weighted by Gasteiger charge is -2.14. The Hall–Kier alpha value is -4.42. The number of ketones is 1. The van der Waals surface area contributed by atoms with Gasteiger partial charge in [0.15, 0.2) is 5.78 Å². The maximum absolute atomic E-state index is 14.2. The highest BCUT2D eigenvalue weighted by Crippen LogP contribution is 2.26. The first-order chi connectivity index (χ1) is 17.4. The number of aryl methyl sites for hydroxylation is 1. The maximum atomic E-state index is 14.2. The number of halogens is 2. The first-order valence-corrected chi connectivity index (χ1v) is 11.1. The molecule has 0 saturated heterocycles. The van der Waals surface area contributed by atoms with Crippen molar-refractivity contribution in [2.45, 2.75) is 19.6 Å². The van der Waals surface area contributed by atoms with Crippen LogP contribution in [-0.4, -0.2) is 29.1 Å². The molecule has 0 amide bonds. The standard InChI is InChI=1S/C27H21F2N3O4/c1-35-11-3-10-32-15-19(12-18(14-30)27(32)34)26(33)22-13-20(28)6-8-24(22)36-16-17-5-7-23(29)21-4-2-9-31-25(17)21/h2,4-9,12-13,15H,3,10-11,16H2,1H3. The van der Waals surface area contributed by atoms with Crippen molar-refractivity contribution in [3.8, 4) is 11.8 Å². The molecule has 2 aromatic carbocycles. The number of nitriles is 1. The molecule has 0 spiro atoms. The van der Waals surface area contributed by atoms with Gasteiger partial charge in [-0.3, -0.25) is 14.6 Å². The molecule has 0 atom stereocenters. The Morgan fingerprint density at radius 3 is 2.78 bits per heavy atom. The van der Waals surface area contributed by atoms with Crippen molar-refractivity contribution >= 4 is 16.7 Å². The van der Waals surface area contributed by atoms with E-state index < -0.39 is 23.0 Å². The van der Waals surface area contributed by atoms with E-state index in [9.17, 15) is 23.6 Å². The molecule has 0 aliphatic rings. The van der Waals surface area contributed by atoms with Crippen molar-refractivity contribution in [2.75, 3.05) is 13.7 Å². The Kier molecular flexibility index (Phi) is 7.47. The van der Waals surface area contributed by atoms with Gasteiger partial charge in [0.25, 0.3) is 5.56 Å². The first-order valence-electron chi connectivity index (χ1n) is 11.1. The van der Waals surface area contributed by atoms with Gasteiger partial charge in [0, 0.05) is 49.2 Å². The van der Waals surface area contributed by atoms with Gasteiger partial charge in [0.05, 0.1) is 11.1 Å². The summed E-state index contributed by atoms with van der Waals surface area (Å²) in [5, 5.41) is 9.72. The van der Waals surface area contributed by atoms with Crippen LogP contribution in [0.15, 0.2) is 65.7 Å². The van der Waals surface area contributed by atoms with Crippen LogP contribution in [0.25, 0.3) is 10.9 Å². The molecule has 7 nitrogen and oxygen atoms in total. The van der Waals surface area contributed by atoms with Crippen LogP contribution in [0.2, 0.25) is 0 Å². The van der Waals surface area contributed by atoms with Gasteiger partial charge < -0.3 is 14.0 Å². The highest BCUT2D eigenvalue weighted by molar-refractivity contribution is 6.10. The van der Waals surface area contributed by atoms with E-state index in [-0.39, 0.29) is 35.6 Å². The number of ether oxygens (including phenoxy) is 2. The molecular formula is C27H21F2N3O4. The number of hydrogen-bond donors (Lipinski definition) is 0. The summed E-state index contributed by atoms with van der Waals surface area (Å²) in [5.41, 5.74) is 0.202. The number of carbonyl (C=O) groups excluding carboxylic acids is 1. The first kappa shape index (κ1) is 24.7. The number of methoxy groups -OCH3 is 1. The average molecular weight is 489 g/mol. The molecular weight excluding hydrogens is 468 g/mol. The number of aromatic nitrogens is 2. The summed E-state index contributed by atoms with van der Waals surface area (Å²) in [6, 6.07) is 12.6. The lowest BCUT2D eigenvalue weighted by molar-refractivity contribution is 0.103. The topological polar surface area (TPSA) is 94.2 Å². The predicted octanol–water partition coefficient (Wildman–Crippen LogP) is 4.39. The van der Waals surface area contributed by atoms with Gasteiger partial charge in [-0.2, -0.15) is 5.26 Å². The van der Waals surface area contributed by atoms with Gasteiger partial charge >= 0.3 is 0 Å². The minimum atomic E-state index is -0.659. The van der Waals surface area contributed by atoms with E-state index in [1.54, 1.807) is 12.1 Å². The summed E-state index contributed by atoms with van der Waals surface area (Å²) in [4.78, 5) is 30.1. The molecule has 0 bridgehead atoms. The van der Waals surface area contributed by atoms with E-state index in [0.29, 0.717) is 29.5 Å². The monoisotopic (exact) mass is 489 g/mol. The van der Waals surface area contributed by atoms with E-state index in [2.05, 4.69) is 4.98 Å². The van der Waals surface area contributed by atoms with Crippen LogP contribution in [0.5, 0.6) is 5.75 Å². The Morgan fingerprint density at radius 2 is 2.00 bits per heavy atom. The quantitative estimate of drug-likeness (QED) is 0.256. The third-order valence-electron chi connectivity index (χ3n) is 5.59. The third-order valence-corrected chi connectivity index (χ3v) is 5.59. The molecule has 0 unspecified atom stereocenters. The number of benzene rings is 2. The summed E-state index contributed by atoms with van der Waals surface area (Å²) in [6.07, 6.45) is 3.37. The van der Waals surface area contributed by atoms with Gasteiger partial charge in [-0.15, -0.1) is 0 Å². The zero-order chi connectivity index (χ0) is 25.7. The number of carbonyl (C=O) groups is 1. The van der Waals surface area contributed by atoms with Crippen LogP contribution in [0.1, 0.15) is 33.5 Å². The summed E-state index contributed by atoms with van der Waals surface area (Å²) in [6.45, 7) is 0.570. The van der Waals surface area contributed by atoms with Crippen molar-refractivity contribution in [3.63, 3.8) is 0 Å². The number of nitrogens with zero attached hydrogens (tertiary/aromatic N) is 3. The highest BCUT2D eigenvalue weighted by atomic mass is 19.1. The highest BCUT2D eigenvalue weighted by Gasteiger charge is 2.19. The fraction of sp³-hybridized carbons (Fsp3) is 0.185. The van der Waals surface area contributed by atoms with Crippen molar-refractivity contribution in [3.05, 3.63) is 105 Å². The van der Waals surface area contributed by atoms with Gasteiger partial charge in [0.1, 0.15) is 35.6 Å². The van der Waals surface area contributed by atoms with E-state index in [1.807, 2.05) is 6.07 Å². The molecule has 0 aliphatic carbocycles. The molecule has 0 saturated carbocycles. The zero-order valence-electron chi connectivity index (χ0n) is 19.3. The second kappa shape index (κ2) is 10.9. The van der Waals surface area contributed by atoms with Crippen molar-refractivity contribution < 1.29 is 23.0 Å². The number of rotatable bonds is 9. The molecule has 2 aromatic heterocycles. The third kappa shape index (κ3) is 5.14. The van der Waals surface area contributed by atoms with Gasteiger partial charge in [-0.1, -0.05) is 6.07 Å². The van der Waals surface area contributed by atoms with E-state index >= 15 is 0 Å². The van der Waals surface area contributed by atoms with Gasteiger partial charge in [-0.25, -0.2) is 8.78 Å². The van der Waals surface area contributed by atoms with E-state index in [0.717, 1.165) is 12.1 Å². The summed E-state index contributed by atoms with van der Waals surface area (Å²) >= 11 is 0. The summed E-state index contributed by atoms with van der Waals surface area (Å²) < 4.78 is 40.4. The maximum Gasteiger partial charge on any atom is 0.268 e. The van der Waals surface area contributed by atoms with Crippen LogP contribution < -0.4 is 10.3 Å². The fourth-order valence-corrected chi connectivity index (χ4v) is 3.81. The number of fused-ring (bicyclic) bond motifs is 1. The smallest absolute Gasteiger partial charge is 0.268 e. The van der Waals surface area contributed by atoms with Crippen LogP contribution in [0, 0.1) is 23.0 Å². The predicted molar refractivity (Wildman–Crippen MR) is 128 cm³/mol. The minimum absolute atomic E-state index is 0.0351. The molecule has 9 heteroatoms. The summed E-state index contributed by atoms with van der Waals surface area (Å²) in [7, 11) is 1.53. The SMILES string of the molecule is COCCCn1cc(C(=O)c2cc(F)ccc2OCc2ccc(F)c3cccnc23)cc(C#N)c1=O. The molecule has 182 valence electrons. The lowest BCUT2D eigenvalue weighted by Crippen LogP contribution is -2.24. The van der Waals surface area contributed by atoms with E-state index in [4.69, 9.17) is 9.47 Å². The minimum Gasteiger partial charge on any atom is -0.488 e. The molecule has 0 fully saturated rings. The van der Waals surface area contributed by atoms with Crippen molar-refractivity contribution in [1.82, 2.24) is 9.55 Å². The Morgan fingerprint density at radius 1 is 1.17 bits per heavy atom. The van der Waals surface area contributed by atoms with E-state index in [1.165, 1.54) is 48.3 Å². The lowest BCUT2D eigenvalue weighted by atomic mass is 10.0. The Bertz CT molecular complexity index is 1540. The van der Waals surface area contributed by atoms with Gasteiger partial charge in [0.2, 0.25) is 0 Å². The van der Waals surface area contributed by atoms with Crippen LogP contribution in [0.4, 0.5) is 8.78 Å². The number of hydrogen-bond acceptors (Lipinski definition) is 6.